The number of amides is 2. The van der Waals surface area contributed by atoms with Crippen LogP contribution in [0.15, 0.2) is 54.6 Å². The minimum atomic E-state index is -0.250. The van der Waals surface area contributed by atoms with Crippen LogP contribution >= 0.6 is 0 Å². The van der Waals surface area contributed by atoms with Crippen LogP contribution in [0.5, 0.6) is 11.5 Å². The van der Waals surface area contributed by atoms with Gasteiger partial charge in [0.2, 0.25) is 11.8 Å². The van der Waals surface area contributed by atoms with Crippen LogP contribution < -0.4 is 9.47 Å². The molecule has 0 saturated carbocycles. The minimum Gasteiger partial charge on any atom is -0.493 e. The maximum absolute atomic E-state index is 13.1. The van der Waals surface area contributed by atoms with Gasteiger partial charge in [-0.2, -0.15) is 0 Å². The fourth-order valence-corrected chi connectivity index (χ4v) is 4.50. The Bertz CT molecular complexity index is 1000. The summed E-state index contributed by atoms with van der Waals surface area (Å²) in [4.78, 5) is 29.3. The average Bonchev–Trinajstić information content (AvgIpc) is 3.23. The number of carbonyl (C=O) groups is 2. The number of benzene rings is 2. The topological polar surface area (TPSA) is 59.1 Å². The minimum absolute atomic E-state index is 0.0568. The Morgan fingerprint density at radius 3 is 2.53 bits per heavy atom. The molecule has 0 spiro atoms. The predicted octanol–water partition coefficient (Wildman–Crippen LogP) is 3.41. The molecule has 0 radical (unpaired) electrons. The average molecular weight is 435 g/mol. The number of hydrogen-bond donors (Lipinski definition) is 0. The van der Waals surface area contributed by atoms with E-state index in [4.69, 9.17) is 9.47 Å². The van der Waals surface area contributed by atoms with Crippen molar-refractivity contribution in [3.63, 3.8) is 0 Å². The number of nitrogens with zero attached hydrogens (tertiary/aromatic N) is 2. The lowest BCUT2D eigenvalue weighted by molar-refractivity contribution is -0.135. The van der Waals surface area contributed by atoms with Crippen molar-refractivity contribution in [2.45, 2.75) is 19.3 Å². The Labute approximate surface area is 189 Å². The molecule has 0 aromatic heterocycles. The zero-order valence-corrected chi connectivity index (χ0v) is 18.8. The quantitative estimate of drug-likeness (QED) is 0.670. The van der Waals surface area contributed by atoms with Gasteiger partial charge in [-0.3, -0.25) is 9.59 Å². The third-order valence-corrected chi connectivity index (χ3v) is 6.35. The van der Waals surface area contributed by atoms with Crippen LogP contribution in [0.2, 0.25) is 0 Å². The second-order valence-electron chi connectivity index (χ2n) is 8.31. The molecule has 1 atom stereocenters. The van der Waals surface area contributed by atoms with Gasteiger partial charge < -0.3 is 19.3 Å². The van der Waals surface area contributed by atoms with E-state index in [2.05, 4.69) is 18.2 Å². The Balaban J connectivity index is 1.32. The Morgan fingerprint density at radius 1 is 1.06 bits per heavy atom. The Hall–Kier alpha value is -3.28. The van der Waals surface area contributed by atoms with Crippen molar-refractivity contribution < 1.29 is 19.1 Å². The van der Waals surface area contributed by atoms with Gasteiger partial charge in [-0.1, -0.05) is 42.5 Å². The first-order chi connectivity index (χ1) is 15.6. The summed E-state index contributed by atoms with van der Waals surface area (Å²) in [6, 6.07) is 16.1. The van der Waals surface area contributed by atoms with Crippen molar-refractivity contribution >= 4 is 17.4 Å². The molecule has 6 heteroatoms. The van der Waals surface area contributed by atoms with E-state index in [1.807, 2.05) is 46.2 Å². The first-order valence-corrected chi connectivity index (χ1v) is 11.1. The van der Waals surface area contributed by atoms with Crippen LogP contribution in [0, 0.1) is 5.92 Å². The molecule has 32 heavy (non-hydrogen) atoms. The molecule has 0 unspecified atom stereocenters. The summed E-state index contributed by atoms with van der Waals surface area (Å²) < 4.78 is 10.6. The van der Waals surface area contributed by atoms with Gasteiger partial charge >= 0.3 is 0 Å². The highest BCUT2D eigenvalue weighted by molar-refractivity contribution is 5.89. The monoisotopic (exact) mass is 434 g/mol. The highest BCUT2D eigenvalue weighted by Crippen LogP contribution is 2.29. The molecule has 1 fully saturated rings. The van der Waals surface area contributed by atoms with Crippen molar-refractivity contribution in [1.82, 2.24) is 9.80 Å². The molecule has 4 rings (SSSR count). The lowest BCUT2D eigenvalue weighted by Gasteiger charge is -2.29. The molecular formula is C26H30N2O4. The fraction of sp³-hybridized carbons (Fsp3) is 0.385. The molecule has 2 aromatic rings. The maximum Gasteiger partial charge on any atom is 0.228 e. The zero-order valence-electron chi connectivity index (χ0n) is 18.8. The molecule has 2 aromatic carbocycles. The van der Waals surface area contributed by atoms with Gasteiger partial charge in [-0.25, -0.2) is 0 Å². The van der Waals surface area contributed by atoms with Crippen LogP contribution in [0.3, 0.4) is 0 Å². The number of likely N-dealkylation sites (tertiary alicyclic amines) is 1. The molecule has 2 aliphatic rings. The van der Waals surface area contributed by atoms with Crippen LogP contribution in [0.4, 0.5) is 0 Å². The van der Waals surface area contributed by atoms with Gasteiger partial charge in [0, 0.05) is 32.6 Å². The van der Waals surface area contributed by atoms with Crippen molar-refractivity contribution in [2.75, 3.05) is 40.4 Å². The third-order valence-electron chi connectivity index (χ3n) is 6.35. The first-order valence-electron chi connectivity index (χ1n) is 11.1. The summed E-state index contributed by atoms with van der Waals surface area (Å²) in [5.74, 6) is 1.26. The number of ether oxygens (including phenoxy) is 2. The molecule has 6 nitrogen and oxygen atoms in total. The van der Waals surface area contributed by atoms with E-state index in [1.165, 1.54) is 11.1 Å². The summed E-state index contributed by atoms with van der Waals surface area (Å²) in [6.07, 6.45) is 4.00. The fourth-order valence-electron chi connectivity index (χ4n) is 4.50. The Morgan fingerprint density at radius 2 is 1.84 bits per heavy atom. The van der Waals surface area contributed by atoms with E-state index in [9.17, 15) is 9.59 Å². The van der Waals surface area contributed by atoms with Crippen LogP contribution in [0.1, 0.15) is 24.0 Å². The van der Waals surface area contributed by atoms with Crippen molar-refractivity contribution in [2.24, 2.45) is 5.92 Å². The number of methoxy groups -OCH3 is 2. The van der Waals surface area contributed by atoms with Crippen LogP contribution in [-0.2, 0) is 16.0 Å². The molecule has 2 aliphatic heterocycles. The third kappa shape index (κ3) is 4.79. The summed E-state index contributed by atoms with van der Waals surface area (Å²) in [5.41, 5.74) is 3.57. The highest BCUT2D eigenvalue weighted by atomic mass is 16.5. The molecule has 2 heterocycles. The van der Waals surface area contributed by atoms with Crippen molar-refractivity contribution in [3.05, 3.63) is 65.7 Å². The lowest BCUT2D eigenvalue weighted by Crippen LogP contribution is -2.40. The Kier molecular flexibility index (Phi) is 6.78. The number of carbonyl (C=O) groups excluding carboxylic acids is 2. The number of rotatable bonds is 7. The standard InChI is InChI=1S/C26H30N2O4/c1-31-23-9-8-19(16-24(23)32-2)10-13-28-18-22(17-25(28)29)26(30)27-14-11-21(12-15-27)20-6-4-3-5-7-20/h3-9,11,16,22H,10,12-15,17-18H2,1-2H3/t22-/m1/s1. The molecule has 0 aliphatic carbocycles. The predicted molar refractivity (Wildman–Crippen MR) is 124 cm³/mol. The molecule has 1 saturated heterocycles. The van der Waals surface area contributed by atoms with Gasteiger partial charge in [0.1, 0.15) is 0 Å². The van der Waals surface area contributed by atoms with E-state index >= 15 is 0 Å². The molecule has 0 N–H and O–H groups in total. The zero-order chi connectivity index (χ0) is 22.5. The summed E-state index contributed by atoms with van der Waals surface area (Å²) in [6.45, 7) is 2.40. The van der Waals surface area contributed by atoms with Gasteiger partial charge in [-0.05, 0) is 41.7 Å². The van der Waals surface area contributed by atoms with Gasteiger partial charge in [0.05, 0.1) is 20.1 Å². The molecule has 2 amide bonds. The van der Waals surface area contributed by atoms with Gasteiger partial charge in [0.25, 0.3) is 0 Å². The summed E-state index contributed by atoms with van der Waals surface area (Å²) >= 11 is 0. The summed E-state index contributed by atoms with van der Waals surface area (Å²) in [7, 11) is 3.22. The van der Waals surface area contributed by atoms with Crippen LogP contribution in [-0.4, -0.2) is 62.0 Å². The normalized spacial score (nSPS) is 18.5. The molecule has 0 bridgehead atoms. The van der Waals surface area contributed by atoms with E-state index in [0.29, 0.717) is 50.5 Å². The van der Waals surface area contributed by atoms with E-state index in [-0.39, 0.29) is 17.7 Å². The van der Waals surface area contributed by atoms with Crippen molar-refractivity contribution in [1.29, 1.82) is 0 Å². The van der Waals surface area contributed by atoms with Crippen LogP contribution in [0.25, 0.3) is 5.57 Å². The van der Waals surface area contributed by atoms with Crippen molar-refractivity contribution in [3.8, 4) is 11.5 Å². The summed E-state index contributed by atoms with van der Waals surface area (Å²) in [5, 5.41) is 0. The van der Waals surface area contributed by atoms with E-state index < -0.39 is 0 Å². The first kappa shape index (κ1) is 21.9. The van der Waals surface area contributed by atoms with Gasteiger partial charge in [0.15, 0.2) is 11.5 Å². The van der Waals surface area contributed by atoms with Gasteiger partial charge in [-0.15, -0.1) is 0 Å². The second-order valence-corrected chi connectivity index (χ2v) is 8.31. The highest BCUT2D eigenvalue weighted by Gasteiger charge is 2.36. The van der Waals surface area contributed by atoms with E-state index in [1.54, 1.807) is 14.2 Å². The second kappa shape index (κ2) is 9.90. The SMILES string of the molecule is COc1ccc(CCN2C[C@H](C(=O)N3CC=C(c4ccccc4)CC3)CC2=O)cc1OC. The molecule has 168 valence electrons. The largest absolute Gasteiger partial charge is 0.493 e. The smallest absolute Gasteiger partial charge is 0.228 e. The number of hydrogen-bond acceptors (Lipinski definition) is 4. The maximum atomic E-state index is 13.1. The van der Waals surface area contributed by atoms with E-state index in [0.717, 1.165) is 12.0 Å². The molecular weight excluding hydrogens is 404 g/mol. The lowest BCUT2D eigenvalue weighted by atomic mass is 9.98.